The van der Waals surface area contributed by atoms with Gasteiger partial charge < -0.3 is 24.6 Å². The second kappa shape index (κ2) is 12.7. The van der Waals surface area contributed by atoms with Crippen molar-refractivity contribution in [2.24, 2.45) is 0 Å². The number of anilines is 2. The molecule has 0 atom stereocenters. The summed E-state index contributed by atoms with van der Waals surface area (Å²) in [5.41, 5.74) is 2.07. The molecule has 0 unspecified atom stereocenters. The van der Waals surface area contributed by atoms with E-state index in [9.17, 15) is 16.8 Å². The molecule has 3 fully saturated rings. The van der Waals surface area contributed by atoms with E-state index in [0.29, 0.717) is 63.9 Å². The van der Waals surface area contributed by atoms with Crippen LogP contribution >= 0.6 is 0 Å². The Balaban J connectivity index is 1.59. The van der Waals surface area contributed by atoms with Crippen LogP contribution in [0.4, 0.5) is 11.4 Å². The first-order chi connectivity index (χ1) is 19.3. The first-order valence-corrected chi connectivity index (χ1v) is 16.7. The molecule has 0 amide bonds. The van der Waals surface area contributed by atoms with Gasteiger partial charge in [0.2, 0.25) is 20.0 Å². The smallest absolute Gasteiger partial charge is 0.245 e. The van der Waals surface area contributed by atoms with Gasteiger partial charge in [0, 0.05) is 58.9 Å². The fourth-order valence-corrected chi connectivity index (χ4v) is 8.53. The standard InChI is InChI=1S/C27H39N5O6S2/c1-29-9-11-30(12-10-29)25-21-24(28-8-7-23-5-3-2-4-6-23)26(39(33,34)31-13-17-37-18-14-31)22-27(25)40(35,36)32-15-19-38-20-16-32/h2-6,21-22,28H,7-20H2,1H3. The van der Waals surface area contributed by atoms with Crippen molar-refractivity contribution in [1.29, 1.82) is 0 Å². The molecule has 40 heavy (non-hydrogen) atoms. The lowest BCUT2D eigenvalue weighted by Crippen LogP contribution is -2.46. The number of rotatable bonds is 9. The molecule has 0 aliphatic carbocycles. The van der Waals surface area contributed by atoms with Crippen molar-refractivity contribution in [2.75, 3.05) is 103 Å². The van der Waals surface area contributed by atoms with E-state index in [1.807, 2.05) is 37.4 Å². The van der Waals surface area contributed by atoms with E-state index in [1.54, 1.807) is 6.07 Å². The Hall–Kier alpha value is -2.26. The summed E-state index contributed by atoms with van der Waals surface area (Å²) in [6, 6.07) is 13.1. The fourth-order valence-electron chi connectivity index (χ4n) is 5.24. The average Bonchev–Trinajstić information content (AvgIpc) is 2.98. The molecule has 5 rings (SSSR count). The SMILES string of the molecule is CN1CCN(c2cc(NCCc3ccccc3)c(S(=O)(=O)N3CCOCC3)cc2S(=O)(=O)N2CCOCC2)CC1. The summed E-state index contributed by atoms with van der Waals surface area (Å²) < 4.78 is 69.7. The van der Waals surface area contributed by atoms with E-state index in [0.717, 1.165) is 18.7 Å². The highest BCUT2D eigenvalue weighted by Crippen LogP contribution is 2.38. The van der Waals surface area contributed by atoms with Crippen LogP contribution in [0.15, 0.2) is 52.3 Å². The van der Waals surface area contributed by atoms with Crippen LogP contribution in [0.1, 0.15) is 5.56 Å². The molecule has 0 saturated carbocycles. The van der Waals surface area contributed by atoms with E-state index in [4.69, 9.17) is 9.47 Å². The molecule has 11 nitrogen and oxygen atoms in total. The highest BCUT2D eigenvalue weighted by molar-refractivity contribution is 7.90. The molecule has 2 aromatic carbocycles. The molecule has 0 aromatic heterocycles. The Morgan fingerprint density at radius 2 is 1.27 bits per heavy atom. The Morgan fingerprint density at radius 1 is 0.725 bits per heavy atom. The average molecular weight is 594 g/mol. The van der Waals surface area contributed by atoms with E-state index >= 15 is 0 Å². The summed E-state index contributed by atoms with van der Waals surface area (Å²) in [6.07, 6.45) is 0.690. The lowest BCUT2D eigenvalue weighted by atomic mass is 10.1. The number of nitrogens with one attached hydrogen (secondary N) is 1. The normalized spacial score (nSPS) is 20.5. The predicted octanol–water partition coefficient (Wildman–Crippen LogP) is 1.13. The molecule has 0 bridgehead atoms. The topological polar surface area (TPSA) is 112 Å². The van der Waals surface area contributed by atoms with Gasteiger partial charge in [-0.25, -0.2) is 16.8 Å². The van der Waals surface area contributed by atoms with Crippen molar-refractivity contribution < 1.29 is 26.3 Å². The zero-order valence-electron chi connectivity index (χ0n) is 23.0. The zero-order valence-corrected chi connectivity index (χ0v) is 24.6. The second-order valence-electron chi connectivity index (χ2n) is 10.3. The van der Waals surface area contributed by atoms with Crippen LogP contribution in [0.5, 0.6) is 0 Å². The molecule has 1 N–H and O–H groups in total. The van der Waals surface area contributed by atoms with Gasteiger partial charge in [-0.3, -0.25) is 0 Å². The number of ether oxygens (including phenoxy) is 2. The lowest BCUT2D eigenvalue weighted by Gasteiger charge is -2.36. The summed E-state index contributed by atoms with van der Waals surface area (Å²) in [6.45, 7) is 5.44. The molecular weight excluding hydrogens is 554 g/mol. The van der Waals surface area contributed by atoms with E-state index in [1.165, 1.54) is 14.7 Å². The van der Waals surface area contributed by atoms with Crippen LogP contribution < -0.4 is 10.2 Å². The summed E-state index contributed by atoms with van der Waals surface area (Å²) in [5.74, 6) is 0. The molecule has 3 heterocycles. The first kappa shape index (κ1) is 29.2. The Bertz CT molecular complexity index is 1350. The fraction of sp³-hybridized carbons (Fsp3) is 0.556. The molecule has 0 spiro atoms. The van der Waals surface area contributed by atoms with Gasteiger partial charge in [-0.2, -0.15) is 8.61 Å². The minimum Gasteiger partial charge on any atom is -0.384 e. The summed E-state index contributed by atoms with van der Waals surface area (Å²) in [5, 5.41) is 3.35. The number of nitrogens with zero attached hydrogens (tertiary/aromatic N) is 4. The van der Waals surface area contributed by atoms with Gasteiger partial charge in [-0.1, -0.05) is 30.3 Å². The number of sulfonamides is 2. The monoisotopic (exact) mass is 593 g/mol. The van der Waals surface area contributed by atoms with Crippen molar-refractivity contribution >= 4 is 31.4 Å². The van der Waals surface area contributed by atoms with E-state index in [-0.39, 0.29) is 36.0 Å². The van der Waals surface area contributed by atoms with Crippen LogP contribution in [0, 0.1) is 0 Å². The van der Waals surface area contributed by atoms with E-state index < -0.39 is 20.0 Å². The predicted molar refractivity (Wildman–Crippen MR) is 154 cm³/mol. The zero-order chi connectivity index (χ0) is 28.2. The number of hydrogen-bond donors (Lipinski definition) is 1. The molecule has 2 aromatic rings. The first-order valence-electron chi connectivity index (χ1n) is 13.8. The highest BCUT2D eigenvalue weighted by atomic mass is 32.2. The van der Waals surface area contributed by atoms with Crippen LogP contribution in [-0.2, 0) is 35.9 Å². The third-order valence-electron chi connectivity index (χ3n) is 7.65. The minimum atomic E-state index is -4.00. The summed E-state index contributed by atoms with van der Waals surface area (Å²) in [4.78, 5) is 4.26. The Kier molecular flexibility index (Phi) is 9.30. The molecule has 13 heteroatoms. The van der Waals surface area contributed by atoms with Crippen molar-refractivity contribution in [2.45, 2.75) is 16.2 Å². The maximum atomic E-state index is 14.1. The molecule has 3 aliphatic rings. The number of likely N-dealkylation sites (N-methyl/N-ethyl adjacent to an activating group) is 1. The van der Waals surface area contributed by atoms with E-state index in [2.05, 4.69) is 15.1 Å². The summed E-state index contributed by atoms with van der Waals surface area (Å²) >= 11 is 0. The Labute approximate surface area is 237 Å². The van der Waals surface area contributed by atoms with Gasteiger partial charge in [0.05, 0.1) is 37.8 Å². The number of hydrogen-bond acceptors (Lipinski definition) is 9. The maximum Gasteiger partial charge on any atom is 0.245 e. The third-order valence-corrected chi connectivity index (χ3v) is 11.5. The van der Waals surface area contributed by atoms with Crippen molar-refractivity contribution in [3.05, 3.63) is 48.0 Å². The number of morpholine rings is 2. The maximum absolute atomic E-state index is 14.1. The van der Waals surface area contributed by atoms with Crippen molar-refractivity contribution in [3.8, 4) is 0 Å². The van der Waals surface area contributed by atoms with Crippen molar-refractivity contribution in [1.82, 2.24) is 13.5 Å². The third kappa shape index (κ3) is 6.46. The summed E-state index contributed by atoms with van der Waals surface area (Å²) in [7, 11) is -5.95. The van der Waals surface area contributed by atoms with Crippen molar-refractivity contribution in [3.63, 3.8) is 0 Å². The van der Waals surface area contributed by atoms with Gasteiger partial charge in [0.1, 0.15) is 9.79 Å². The molecule has 3 saturated heterocycles. The number of piperazine rings is 1. The van der Waals surface area contributed by atoms with Crippen LogP contribution in [0.3, 0.4) is 0 Å². The quantitative estimate of drug-likeness (QED) is 0.458. The Morgan fingerprint density at radius 3 is 1.85 bits per heavy atom. The highest BCUT2D eigenvalue weighted by Gasteiger charge is 2.36. The second-order valence-corrected chi connectivity index (χ2v) is 14.1. The van der Waals surface area contributed by atoms with Gasteiger partial charge in [-0.05, 0) is 31.2 Å². The largest absolute Gasteiger partial charge is 0.384 e. The van der Waals surface area contributed by atoms with Crippen LogP contribution in [0.25, 0.3) is 0 Å². The number of benzene rings is 2. The van der Waals surface area contributed by atoms with Crippen LogP contribution in [-0.4, -0.2) is 123 Å². The molecule has 0 radical (unpaired) electrons. The van der Waals surface area contributed by atoms with Gasteiger partial charge in [-0.15, -0.1) is 0 Å². The molecule has 220 valence electrons. The van der Waals surface area contributed by atoms with Gasteiger partial charge in [0.25, 0.3) is 0 Å². The molecular formula is C27H39N5O6S2. The van der Waals surface area contributed by atoms with Gasteiger partial charge in [0.15, 0.2) is 0 Å². The lowest BCUT2D eigenvalue weighted by molar-refractivity contribution is 0.0729. The molecule has 3 aliphatic heterocycles. The van der Waals surface area contributed by atoms with Gasteiger partial charge >= 0.3 is 0 Å². The van der Waals surface area contributed by atoms with Crippen LogP contribution in [0.2, 0.25) is 0 Å². The minimum absolute atomic E-state index is 0.0211.